The van der Waals surface area contributed by atoms with Crippen molar-refractivity contribution in [2.75, 3.05) is 11.9 Å². The average molecular weight is 307 g/mol. The Kier molecular flexibility index (Phi) is 3.78. The maximum atomic E-state index is 11.5. The molecule has 0 saturated heterocycles. The van der Waals surface area contributed by atoms with Gasteiger partial charge in [0.2, 0.25) is 5.91 Å². The highest BCUT2D eigenvalue weighted by molar-refractivity contribution is 7.08. The van der Waals surface area contributed by atoms with E-state index in [1.807, 2.05) is 12.1 Å². The molecule has 1 aromatic carbocycles. The molecule has 3 rings (SSSR count). The molecule has 1 aliphatic heterocycles. The van der Waals surface area contributed by atoms with Gasteiger partial charge >= 0.3 is 0 Å². The first-order valence-corrected chi connectivity index (χ1v) is 7.88. The van der Waals surface area contributed by atoms with E-state index < -0.39 is 0 Å². The normalized spacial score (nSPS) is 15.0. The Morgan fingerprint density at radius 1 is 1.50 bits per heavy atom. The molecule has 20 heavy (non-hydrogen) atoms. The average Bonchev–Trinajstić information content (AvgIpc) is 3.03. The Balaban J connectivity index is 2.04. The molecular weight excluding hydrogens is 292 g/mol. The van der Waals surface area contributed by atoms with Crippen molar-refractivity contribution in [2.45, 2.75) is 19.4 Å². The molecule has 2 aromatic rings. The van der Waals surface area contributed by atoms with Gasteiger partial charge in [-0.15, -0.1) is 0 Å². The van der Waals surface area contributed by atoms with E-state index in [0.29, 0.717) is 11.4 Å². The Bertz CT molecular complexity index is 640. The second kappa shape index (κ2) is 5.56. The number of anilines is 1. The summed E-state index contributed by atoms with van der Waals surface area (Å²) in [5, 5.41) is 11.2. The van der Waals surface area contributed by atoms with Crippen LogP contribution in [0.5, 0.6) is 0 Å². The Morgan fingerprint density at radius 2 is 2.35 bits per heavy atom. The minimum atomic E-state index is 0.0313. The summed E-state index contributed by atoms with van der Waals surface area (Å²) in [6.45, 7) is 2.93. The van der Waals surface area contributed by atoms with Crippen molar-refractivity contribution in [3.8, 4) is 0 Å². The fraction of sp³-hybridized carbons (Fsp3) is 0.267. The van der Waals surface area contributed by atoms with E-state index >= 15 is 0 Å². The van der Waals surface area contributed by atoms with Gasteiger partial charge in [-0.2, -0.15) is 11.3 Å². The van der Waals surface area contributed by atoms with Gasteiger partial charge in [0, 0.05) is 10.7 Å². The number of carbonyl (C=O) groups is 1. The number of hydrogen-bond donors (Lipinski definition) is 2. The lowest BCUT2D eigenvalue weighted by atomic mass is 9.98. The summed E-state index contributed by atoms with van der Waals surface area (Å²) in [6, 6.07) is 6.07. The van der Waals surface area contributed by atoms with E-state index in [4.69, 9.17) is 11.6 Å². The van der Waals surface area contributed by atoms with Crippen LogP contribution in [0, 0.1) is 0 Å². The van der Waals surface area contributed by atoms with Gasteiger partial charge in [0.05, 0.1) is 12.5 Å². The van der Waals surface area contributed by atoms with Crippen molar-refractivity contribution in [1.82, 2.24) is 5.32 Å². The standard InChI is InChI=1S/C15H15ClN2OS/c1-2-17-15(9-3-4-20-8-9)11-5-10-6-14(19)18-13(10)7-12(11)16/h3-5,7-8,15,17H,2,6H2,1H3,(H,18,19). The molecule has 104 valence electrons. The monoisotopic (exact) mass is 306 g/mol. The Hall–Kier alpha value is -1.36. The molecule has 0 saturated carbocycles. The van der Waals surface area contributed by atoms with Crippen LogP contribution in [0.1, 0.15) is 29.7 Å². The number of nitrogens with one attached hydrogen (secondary N) is 2. The van der Waals surface area contributed by atoms with E-state index in [1.54, 1.807) is 11.3 Å². The van der Waals surface area contributed by atoms with Gasteiger partial charge in [0.1, 0.15) is 0 Å². The van der Waals surface area contributed by atoms with Crippen LogP contribution in [-0.4, -0.2) is 12.5 Å². The number of fused-ring (bicyclic) bond motifs is 1. The number of hydrogen-bond acceptors (Lipinski definition) is 3. The van der Waals surface area contributed by atoms with Crippen molar-refractivity contribution in [3.05, 3.63) is 50.7 Å². The van der Waals surface area contributed by atoms with E-state index in [1.165, 1.54) is 5.56 Å². The van der Waals surface area contributed by atoms with Crippen LogP contribution in [0.15, 0.2) is 29.0 Å². The molecule has 1 aliphatic rings. The predicted molar refractivity (Wildman–Crippen MR) is 83.6 cm³/mol. The molecule has 1 unspecified atom stereocenters. The lowest BCUT2D eigenvalue weighted by Gasteiger charge is -2.19. The molecule has 1 aromatic heterocycles. The van der Waals surface area contributed by atoms with E-state index in [-0.39, 0.29) is 11.9 Å². The van der Waals surface area contributed by atoms with Crippen LogP contribution in [0.25, 0.3) is 0 Å². The summed E-state index contributed by atoms with van der Waals surface area (Å²) < 4.78 is 0. The summed E-state index contributed by atoms with van der Waals surface area (Å²) in [4.78, 5) is 11.5. The van der Waals surface area contributed by atoms with Gasteiger partial charge in [-0.3, -0.25) is 4.79 Å². The number of halogens is 1. The summed E-state index contributed by atoms with van der Waals surface area (Å²) in [5.41, 5.74) is 4.09. The van der Waals surface area contributed by atoms with Crippen molar-refractivity contribution in [1.29, 1.82) is 0 Å². The highest BCUT2D eigenvalue weighted by Crippen LogP contribution is 2.35. The van der Waals surface area contributed by atoms with Crippen LogP contribution in [0.3, 0.4) is 0 Å². The molecular formula is C15H15ClN2OS. The van der Waals surface area contributed by atoms with Gasteiger partial charge in [-0.1, -0.05) is 18.5 Å². The third-order valence-corrected chi connectivity index (χ3v) is 4.47. The molecule has 0 bridgehead atoms. The molecule has 3 nitrogen and oxygen atoms in total. The van der Waals surface area contributed by atoms with Crippen molar-refractivity contribution >= 4 is 34.5 Å². The maximum absolute atomic E-state index is 11.5. The minimum Gasteiger partial charge on any atom is -0.325 e. The SMILES string of the molecule is CCNC(c1ccsc1)c1cc2c(cc1Cl)NC(=O)C2. The largest absolute Gasteiger partial charge is 0.325 e. The third-order valence-electron chi connectivity index (χ3n) is 3.44. The first-order valence-electron chi connectivity index (χ1n) is 6.56. The fourth-order valence-corrected chi connectivity index (χ4v) is 3.50. The lowest BCUT2D eigenvalue weighted by molar-refractivity contribution is -0.115. The fourth-order valence-electron chi connectivity index (χ4n) is 2.54. The zero-order valence-electron chi connectivity index (χ0n) is 11.1. The molecule has 0 aliphatic carbocycles. The summed E-state index contributed by atoms with van der Waals surface area (Å²) in [5.74, 6) is 0.0313. The quantitative estimate of drug-likeness (QED) is 0.906. The van der Waals surface area contributed by atoms with Gasteiger partial charge in [0.25, 0.3) is 0 Å². The topological polar surface area (TPSA) is 41.1 Å². The summed E-state index contributed by atoms with van der Waals surface area (Å²) in [6.07, 6.45) is 0.433. The molecule has 0 spiro atoms. The summed E-state index contributed by atoms with van der Waals surface area (Å²) in [7, 11) is 0. The molecule has 0 fully saturated rings. The van der Waals surface area contributed by atoms with Gasteiger partial charge in [0.15, 0.2) is 0 Å². The van der Waals surface area contributed by atoms with E-state index in [0.717, 1.165) is 23.4 Å². The molecule has 2 heterocycles. The van der Waals surface area contributed by atoms with Crippen LogP contribution in [-0.2, 0) is 11.2 Å². The third kappa shape index (κ3) is 2.46. The van der Waals surface area contributed by atoms with E-state index in [2.05, 4.69) is 34.4 Å². The second-order valence-electron chi connectivity index (χ2n) is 4.80. The lowest BCUT2D eigenvalue weighted by Crippen LogP contribution is -2.22. The molecule has 2 N–H and O–H groups in total. The minimum absolute atomic E-state index is 0.0313. The van der Waals surface area contributed by atoms with Crippen molar-refractivity contribution in [3.63, 3.8) is 0 Å². The number of thiophene rings is 1. The maximum Gasteiger partial charge on any atom is 0.228 e. The number of benzene rings is 1. The van der Waals surface area contributed by atoms with Crippen LogP contribution < -0.4 is 10.6 Å². The van der Waals surface area contributed by atoms with Crippen LogP contribution >= 0.6 is 22.9 Å². The number of carbonyl (C=O) groups excluding carboxylic acids is 1. The van der Waals surface area contributed by atoms with Gasteiger partial charge in [-0.05, 0) is 52.2 Å². The molecule has 1 atom stereocenters. The first-order chi connectivity index (χ1) is 9.69. The zero-order valence-corrected chi connectivity index (χ0v) is 12.6. The zero-order chi connectivity index (χ0) is 14.1. The van der Waals surface area contributed by atoms with Gasteiger partial charge in [-0.25, -0.2) is 0 Å². The highest BCUT2D eigenvalue weighted by Gasteiger charge is 2.23. The predicted octanol–water partition coefficient (Wildman–Crippen LogP) is 3.60. The van der Waals surface area contributed by atoms with Crippen LogP contribution in [0.4, 0.5) is 5.69 Å². The highest BCUT2D eigenvalue weighted by atomic mass is 35.5. The van der Waals surface area contributed by atoms with Crippen LogP contribution in [0.2, 0.25) is 5.02 Å². The Morgan fingerprint density at radius 3 is 3.05 bits per heavy atom. The molecule has 0 radical (unpaired) electrons. The van der Waals surface area contributed by atoms with E-state index in [9.17, 15) is 4.79 Å². The van der Waals surface area contributed by atoms with Crippen molar-refractivity contribution in [2.24, 2.45) is 0 Å². The molecule has 5 heteroatoms. The first kappa shape index (κ1) is 13.6. The summed E-state index contributed by atoms with van der Waals surface area (Å²) >= 11 is 8.09. The number of rotatable bonds is 4. The Labute approximate surface area is 127 Å². The molecule has 1 amide bonds. The van der Waals surface area contributed by atoms with Gasteiger partial charge < -0.3 is 10.6 Å². The smallest absolute Gasteiger partial charge is 0.228 e. The second-order valence-corrected chi connectivity index (χ2v) is 5.99. The number of amides is 1. The van der Waals surface area contributed by atoms with Crippen molar-refractivity contribution < 1.29 is 4.79 Å².